The van der Waals surface area contributed by atoms with E-state index in [1.54, 1.807) is 40.1 Å². The maximum absolute atomic E-state index is 12.9. The van der Waals surface area contributed by atoms with E-state index in [1.165, 1.54) is 12.5 Å². The van der Waals surface area contributed by atoms with Crippen molar-refractivity contribution in [2.45, 2.75) is 18.9 Å². The third-order valence-corrected chi connectivity index (χ3v) is 5.22. The van der Waals surface area contributed by atoms with E-state index in [4.69, 9.17) is 9.15 Å². The van der Waals surface area contributed by atoms with E-state index in [1.807, 2.05) is 0 Å². The minimum absolute atomic E-state index is 0.0929. The highest BCUT2D eigenvalue weighted by atomic mass is 16.5. The summed E-state index contributed by atoms with van der Waals surface area (Å²) in [5.74, 6) is -0.392. The van der Waals surface area contributed by atoms with Crippen LogP contribution in [-0.4, -0.2) is 66.4 Å². The second-order valence-electron chi connectivity index (χ2n) is 7.17. The molecular formula is C21H23N3O5. The molecule has 0 saturated carbocycles. The van der Waals surface area contributed by atoms with Gasteiger partial charge in [0.2, 0.25) is 0 Å². The van der Waals surface area contributed by atoms with E-state index >= 15 is 0 Å². The molecule has 152 valence electrons. The van der Waals surface area contributed by atoms with Gasteiger partial charge in [-0.25, -0.2) is 0 Å². The van der Waals surface area contributed by atoms with Crippen LogP contribution in [0.1, 0.15) is 33.6 Å². The molecule has 0 aliphatic carbocycles. The van der Waals surface area contributed by atoms with Gasteiger partial charge in [-0.2, -0.15) is 0 Å². The smallest absolute Gasteiger partial charge is 0.257 e. The molecule has 0 spiro atoms. The van der Waals surface area contributed by atoms with Gasteiger partial charge in [0.1, 0.15) is 12.4 Å². The molecule has 8 heteroatoms. The Kier molecular flexibility index (Phi) is 5.62. The number of carbonyl (C=O) groups excluding carboxylic acids is 3. The van der Waals surface area contributed by atoms with E-state index in [0.29, 0.717) is 56.0 Å². The van der Waals surface area contributed by atoms with E-state index in [0.717, 1.165) is 6.42 Å². The zero-order valence-electron chi connectivity index (χ0n) is 16.0. The van der Waals surface area contributed by atoms with Gasteiger partial charge in [0, 0.05) is 44.0 Å². The van der Waals surface area contributed by atoms with Gasteiger partial charge >= 0.3 is 0 Å². The number of anilines is 1. The first kappa shape index (κ1) is 19.2. The standard InChI is InChI=1S/C21H23N3O5/c25-19(18-5-2-11-29-18)22-17-4-1-3-15(13-17)20(26)23-7-9-24(10-8-23)21(27)16-6-12-28-14-16/h1,3-4,6,12-14,18H,2,5,7-11H2,(H,22,25). The topological polar surface area (TPSA) is 92.1 Å². The van der Waals surface area contributed by atoms with Gasteiger partial charge in [-0.15, -0.1) is 0 Å². The zero-order chi connectivity index (χ0) is 20.2. The number of nitrogens with one attached hydrogen (secondary N) is 1. The van der Waals surface area contributed by atoms with Crippen LogP contribution in [0.5, 0.6) is 0 Å². The number of carbonyl (C=O) groups is 3. The number of benzene rings is 1. The number of hydrogen-bond donors (Lipinski definition) is 1. The van der Waals surface area contributed by atoms with Crippen molar-refractivity contribution in [2.75, 3.05) is 38.1 Å². The SMILES string of the molecule is O=C(Nc1cccc(C(=O)N2CCN(C(=O)c3ccoc3)CC2)c1)C1CCCO1. The fraction of sp³-hybridized carbons (Fsp3) is 0.381. The number of hydrogen-bond acceptors (Lipinski definition) is 5. The molecule has 2 aromatic rings. The lowest BCUT2D eigenvalue weighted by molar-refractivity contribution is -0.124. The maximum Gasteiger partial charge on any atom is 0.257 e. The highest BCUT2D eigenvalue weighted by Crippen LogP contribution is 2.18. The van der Waals surface area contributed by atoms with Crippen LogP contribution in [0.2, 0.25) is 0 Å². The lowest BCUT2D eigenvalue weighted by Gasteiger charge is -2.34. The van der Waals surface area contributed by atoms with Crippen molar-refractivity contribution in [1.82, 2.24) is 9.80 Å². The van der Waals surface area contributed by atoms with Crippen LogP contribution in [-0.2, 0) is 9.53 Å². The monoisotopic (exact) mass is 397 g/mol. The second kappa shape index (κ2) is 8.48. The van der Waals surface area contributed by atoms with Gasteiger partial charge in [0.25, 0.3) is 17.7 Å². The summed E-state index contributed by atoms with van der Waals surface area (Å²) in [7, 11) is 0. The third-order valence-electron chi connectivity index (χ3n) is 5.22. The van der Waals surface area contributed by atoms with Crippen LogP contribution in [0.3, 0.4) is 0 Å². The van der Waals surface area contributed by atoms with Gasteiger partial charge < -0.3 is 24.3 Å². The summed E-state index contributed by atoms with van der Waals surface area (Å²) in [6.45, 7) is 2.44. The Morgan fingerprint density at radius 2 is 1.69 bits per heavy atom. The molecule has 8 nitrogen and oxygen atoms in total. The van der Waals surface area contributed by atoms with Crippen molar-refractivity contribution < 1.29 is 23.5 Å². The van der Waals surface area contributed by atoms with Crippen LogP contribution < -0.4 is 5.32 Å². The highest BCUT2D eigenvalue weighted by Gasteiger charge is 2.27. The summed E-state index contributed by atoms with van der Waals surface area (Å²) < 4.78 is 10.4. The first-order valence-corrected chi connectivity index (χ1v) is 9.75. The van der Waals surface area contributed by atoms with Crippen LogP contribution in [0.15, 0.2) is 47.3 Å². The zero-order valence-corrected chi connectivity index (χ0v) is 16.0. The summed E-state index contributed by atoms with van der Waals surface area (Å²) in [5, 5.41) is 2.82. The van der Waals surface area contributed by atoms with Gasteiger partial charge in [0.15, 0.2) is 0 Å². The molecule has 4 rings (SSSR count). The first-order valence-electron chi connectivity index (χ1n) is 9.75. The summed E-state index contributed by atoms with van der Waals surface area (Å²) in [6.07, 6.45) is 4.07. The highest BCUT2D eigenvalue weighted by molar-refractivity contribution is 5.98. The molecule has 1 unspecified atom stereocenters. The quantitative estimate of drug-likeness (QED) is 0.852. The fourth-order valence-electron chi connectivity index (χ4n) is 3.60. The molecule has 2 aliphatic heterocycles. The molecule has 3 heterocycles. The van der Waals surface area contributed by atoms with E-state index < -0.39 is 6.10 Å². The molecule has 1 N–H and O–H groups in total. The first-order chi connectivity index (χ1) is 14.1. The van der Waals surface area contributed by atoms with Crippen molar-refractivity contribution in [3.05, 3.63) is 54.0 Å². The Labute approximate surface area is 168 Å². The molecule has 2 saturated heterocycles. The molecule has 29 heavy (non-hydrogen) atoms. The Hall–Kier alpha value is -3.13. The fourth-order valence-corrected chi connectivity index (χ4v) is 3.60. The second-order valence-corrected chi connectivity index (χ2v) is 7.17. The predicted octanol–water partition coefficient (Wildman–Crippen LogP) is 2.00. The predicted molar refractivity (Wildman–Crippen MR) is 105 cm³/mol. The molecule has 1 aromatic carbocycles. The molecule has 1 atom stereocenters. The van der Waals surface area contributed by atoms with Crippen LogP contribution in [0, 0.1) is 0 Å². The average molecular weight is 397 g/mol. The van der Waals surface area contributed by atoms with Gasteiger partial charge in [-0.3, -0.25) is 14.4 Å². The van der Waals surface area contributed by atoms with Gasteiger partial charge in [-0.05, 0) is 37.1 Å². The lowest BCUT2D eigenvalue weighted by atomic mass is 10.1. The van der Waals surface area contributed by atoms with Crippen LogP contribution in [0.25, 0.3) is 0 Å². The van der Waals surface area contributed by atoms with E-state index in [-0.39, 0.29) is 17.7 Å². The van der Waals surface area contributed by atoms with Crippen LogP contribution >= 0.6 is 0 Å². The van der Waals surface area contributed by atoms with Crippen molar-refractivity contribution in [1.29, 1.82) is 0 Å². The lowest BCUT2D eigenvalue weighted by Crippen LogP contribution is -2.50. The Bertz CT molecular complexity index is 881. The number of nitrogens with zero attached hydrogens (tertiary/aromatic N) is 2. The van der Waals surface area contributed by atoms with Crippen LogP contribution in [0.4, 0.5) is 5.69 Å². The van der Waals surface area contributed by atoms with Crippen molar-refractivity contribution in [3.63, 3.8) is 0 Å². The summed E-state index contributed by atoms with van der Waals surface area (Å²) in [5.41, 5.74) is 1.59. The molecule has 0 bridgehead atoms. The molecule has 3 amide bonds. The minimum Gasteiger partial charge on any atom is -0.472 e. The maximum atomic E-state index is 12.9. The van der Waals surface area contributed by atoms with Crippen molar-refractivity contribution in [3.8, 4) is 0 Å². The number of amides is 3. The molecule has 1 aromatic heterocycles. The van der Waals surface area contributed by atoms with Gasteiger partial charge in [0.05, 0.1) is 11.8 Å². The number of ether oxygens (including phenoxy) is 1. The Balaban J connectivity index is 1.35. The third kappa shape index (κ3) is 4.32. The number of piperazine rings is 1. The van der Waals surface area contributed by atoms with Crippen molar-refractivity contribution >= 4 is 23.4 Å². The Morgan fingerprint density at radius 1 is 0.966 bits per heavy atom. The largest absolute Gasteiger partial charge is 0.472 e. The normalized spacial score (nSPS) is 19.2. The number of rotatable bonds is 4. The molecule has 0 radical (unpaired) electrons. The summed E-state index contributed by atoms with van der Waals surface area (Å²) in [6, 6.07) is 8.55. The van der Waals surface area contributed by atoms with E-state index in [9.17, 15) is 14.4 Å². The molecule has 2 aliphatic rings. The van der Waals surface area contributed by atoms with Crippen molar-refractivity contribution in [2.24, 2.45) is 0 Å². The average Bonchev–Trinajstić information content (AvgIpc) is 3.47. The molecular weight excluding hydrogens is 374 g/mol. The number of furan rings is 1. The molecule has 2 fully saturated rings. The summed E-state index contributed by atoms with van der Waals surface area (Å²) in [4.78, 5) is 40.9. The summed E-state index contributed by atoms with van der Waals surface area (Å²) >= 11 is 0. The van der Waals surface area contributed by atoms with Gasteiger partial charge in [-0.1, -0.05) is 6.07 Å². The minimum atomic E-state index is -0.421. The van der Waals surface area contributed by atoms with E-state index in [2.05, 4.69) is 5.32 Å². The Morgan fingerprint density at radius 3 is 2.31 bits per heavy atom.